The SMILES string of the molecule is CC(C)(C1CCCCC1)C1CCC(C2CC([N+](=O)[O-])=C3NCC(Cc4ccc(Cl)nc4)N3C2)CC1. The molecule has 192 valence electrons. The number of allylic oxidation sites excluding steroid dienone is 1. The highest BCUT2D eigenvalue weighted by Gasteiger charge is 2.45. The van der Waals surface area contributed by atoms with E-state index in [-0.39, 0.29) is 11.0 Å². The largest absolute Gasteiger partial charge is 0.364 e. The maximum absolute atomic E-state index is 12.0. The molecule has 2 aliphatic heterocycles. The summed E-state index contributed by atoms with van der Waals surface area (Å²) in [7, 11) is 0. The first-order chi connectivity index (χ1) is 16.8. The van der Waals surface area contributed by atoms with Gasteiger partial charge in [-0.3, -0.25) is 10.1 Å². The zero-order valence-corrected chi connectivity index (χ0v) is 22.1. The van der Waals surface area contributed by atoms with E-state index in [1.54, 1.807) is 0 Å². The van der Waals surface area contributed by atoms with Crippen molar-refractivity contribution in [1.82, 2.24) is 15.2 Å². The topological polar surface area (TPSA) is 71.3 Å². The fraction of sp³-hybridized carbons (Fsp3) is 0.750. The number of halogens is 1. The summed E-state index contributed by atoms with van der Waals surface area (Å²) in [6.07, 6.45) is 15.3. The predicted octanol–water partition coefficient (Wildman–Crippen LogP) is 6.43. The molecular weight excluding hydrogens is 460 g/mol. The van der Waals surface area contributed by atoms with Crippen molar-refractivity contribution in [3.63, 3.8) is 0 Å². The molecule has 1 saturated heterocycles. The Balaban J connectivity index is 1.25. The average molecular weight is 501 g/mol. The second-order valence-electron chi connectivity index (χ2n) is 12.2. The van der Waals surface area contributed by atoms with Gasteiger partial charge in [-0.15, -0.1) is 0 Å². The van der Waals surface area contributed by atoms with Crippen LogP contribution in [-0.4, -0.2) is 33.9 Å². The molecule has 2 unspecified atom stereocenters. The summed E-state index contributed by atoms with van der Waals surface area (Å²) in [5, 5.41) is 15.9. The van der Waals surface area contributed by atoms with E-state index in [2.05, 4.69) is 29.0 Å². The first kappa shape index (κ1) is 24.9. The molecular formula is C28H41ClN4O2. The number of aromatic nitrogens is 1. The van der Waals surface area contributed by atoms with Crippen LogP contribution in [0.15, 0.2) is 29.8 Å². The number of rotatable bonds is 6. The number of pyridine rings is 1. The van der Waals surface area contributed by atoms with Gasteiger partial charge in [0.15, 0.2) is 5.82 Å². The van der Waals surface area contributed by atoms with Gasteiger partial charge in [0.2, 0.25) is 0 Å². The van der Waals surface area contributed by atoms with Crippen LogP contribution in [0.4, 0.5) is 0 Å². The van der Waals surface area contributed by atoms with Crippen molar-refractivity contribution >= 4 is 11.6 Å². The first-order valence-electron chi connectivity index (χ1n) is 13.8. The van der Waals surface area contributed by atoms with Gasteiger partial charge in [0.25, 0.3) is 5.70 Å². The molecule has 7 heteroatoms. The molecule has 2 aliphatic carbocycles. The van der Waals surface area contributed by atoms with Gasteiger partial charge in [0.05, 0.1) is 11.0 Å². The third-order valence-corrected chi connectivity index (χ3v) is 10.2. The van der Waals surface area contributed by atoms with Crippen LogP contribution in [-0.2, 0) is 6.42 Å². The summed E-state index contributed by atoms with van der Waals surface area (Å²) in [4.78, 5) is 18.4. The molecule has 0 radical (unpaired) electrons. The predicted molar refractivity (Wildman–Crippen MR) is 139 cm³/mol. The van der Waals surface area contributed by atoms with Crippen LogP contribution in [0.3, 0.4) is 0 Å². The van der Waals surface area contributed by atoms with Gasteiger partial charge in [0, 0.05) is 25.7 Å². The second-order valence-corrected chi connectivity index (χ2v) is 12.6. The van der Waals surface area contributed by atoms with Crippen molar-refractivity contribution in [3.05, 3.63) is 50.7 Å². The van der Waals surface area contributed by atoms with Crippen molar-refractivity contribution in [2.45, 2.75) is 90.5 Å². The molecule has 3 fully saturated rings. The highest BCUT2D eigenvalue weighted by Crippen LogP contribution is 2.51. The Morgan fingerprint density at radius 3 is 2.46 bits per heavy atom. The van der Waals surface area contributed by atoms with Crippen LogP contribution in [0.5, 0.6) is 0 Å². The molecule has 2 saturated carbocycles. The summed E-state index contributed by atoms with van der Waals surface area (Å²) >= 11 is 5.96. The van der Waals surface area contributed by atoms with Gasteiger partial charge in [-0.1, -0.05) is 50.8 Å². The summed E-state index contributed by atoms with van der Waals surface area (Å²) in [6, 6.07) is 4.06. The number of nitrogens with zero attached hydrogens (tertiary/aromatic N) is 3. The summed E-state index contributed by atoms with van der Waals surface area (Å²) in [5.74, 6) is 3.38. The van der Waals surface area contributed by atoms with Gasteiger partial charge in [-0.05, 0) is 85.7 Å². The summed E-state index contributed by atoms with van der Waals surface area (Å²) in [5.41, 5.74) is 1.94. The van der Waals surface area contributed by atoms with Gasteiger partial charge in [-0.2, -0.15) is 0 Å². The highest BCUT2D eigenvalue weighted by molar-refractivity contribution is 6.29. The highest BCUT2D eigenvalue weighted by atomic mass is 35.5. The zero-order valence-electron chi connectivity index (χ0n) is 21.3. The quantitative estimate of drug-likeness (QED) is 0.277. The minimum atomic E-state index is -0.133. The third kappa shape index (κ3) is 5.19. The molecule has 3 heterocycles. The van der Waals surface area contributed by atoms with E-state index in [0.717, 1.165) is 42.7 Å². The van der Waals surface area contributed by atoms with Crippen LogP contribution >= 0.6 is 11.6 Å². The monoisotopic (exact) mass is 500 g/mol. The fourth-order valence-electron chi connectivity index (χ4n) is 7.75. The van der Waals surface area contributed by atoms with Crippen molar-refractivity contribution in [3.8, 4) is 0 Å². The molecule has 1 aromatic rings. The Bertz CT molecular complexity index is 933. The fourth-order valence-corrected chi connectivity index (χ4v) is 7.86. The Labute approximate surface area is 215 Å². The molecule has 2 atom stereocenters. The van der Waals surface area contributed by atoms with Gasteiger partial charge >= 0.3 is 0 Å². The molecule has 1 N–H and O–H groups in total. The van der Waals surface area contributed by atoms with E-state index in [0.29, 0.717) is 34.5 Å². The molecule has 1 aromatic heterocycles. The van der Waals surface area contributed by atoms with Crippen LogP contribution in [0, 0.1) is 39.2 Å². The van der Waals surface area contributed by atoms with E-state index < -0.39 is 0 Å². The van der Waals surface area contributed by atoms with E-state index >= 15 is 0 Å². The van der Waals surface area contributed by atoms with Crippen LogP contribution in [0.2, 0.25) is 5.15 Å². The average Bonchev–Trinajstić information content (AvgIpc) is 3.28. The Morgan fingerprint density at radius 1 is 1.09 bits per heavy atom. The molecule has 0 aromatic carbocycles. The third-order valence-electron chi connectivity index (χ3n) is 10.0. The van der Waals surface area contributed by atoms with Gasteiger partial charge in [0.1, 0.15) is 5.15 Å². The van der Waals surface area contributed by atoms with Crippen molar-refractivity contribution in [2.24, 2.45) is 29.1 Å². The molecule has 0 amide bonds. The van der Waals surface area contributed by atoms with E-state index in [1.165, 1.54) is 57.8 Å². The molecule has 35 heavy (non-hydrogen) atoms. The lowest BCUT2D eigenvalue weighted by atomic mass is 9.59. The normalized spacial score (nSPS) is 30.2. The van der Waals surface area contributed by atoms with Crippen molar-refractivity contribution < 1.29 is 4.92 Å². The molecule has 5 rings (SSSR count). The number of nitro groups is 1. The number of hydrogen-bond donors (Lipinski definition) is 1. The van der Waals surface area contributed by atoms with Gasteiger partial charge in [-0.25, -0.2) is 4.98 Å². The lowest BCUT2D eigenvalue weighted by Gasteiger charge is -2.47. The van der Waals surface area contributed by atoms with Gasteiger partial charge < -0.3 is 10.2 Å². The maximum Gasteiger partial charge on any atom is 0.286 e. The number of nitrogens with one attached hydrogen (secondary N) is 1. The lowest BCUT2D eigenvalue weighted by Crippen LogP contribution is -2.43. The summed E-state index contributed by atoms with van der Waals surface area (Å²) in [6.45, 7) is 6.72. The van der Waals surface area contributed by atoms with E-state index in [9.17, 15) is 10.1 Å². The Kier molecular flexibility index (Phi) is 7.30. The number of fused-ring (bicyclic) bond motifs is 1. The molecule has 4 aliphatic rings. The van der Waals surface area contributed by atoms with Crippen LogP contribution in [0.1, 0.15) is 83.6 Å². The van der Waals surface area contributed by atoms with Crippen molar-refractivity contribution in [1.29, 1.82) is 0 Å². The molecule has 6 nitrogen and oxygen atoms in total. The minimum Gasteiger partial charge on any atom is -0.364 e. The standard InChI is InChI=1S/C28H41ClN4O2/c1-28(2,22-6-4-3-5-7-22)23-11-9-20(10-12-23)21-15-25(33(34)35)27-31-17-24(32(27)18-21)14-19-8-13-26(29)30-16-19/h8,13,16,20-24,31H,3-7,9-12,14-15,17-18H2,1-2H3. The number of hydrogen-bond acceptors (Lipinski definition) is 5. The first-order valence-corrected chi connectivity index (χ1v) is 14.2. The summed E-state index contributed by atoms with van der Waals surface area (Å²) < 4.78 is 0. The van der Waals surface area contributed by atoms with E-state index in [1.807, 2.05) is 18.3 Å². The van der Waals surface area contributed by atoms with E-state index in [4.69, 9.17) is 11.6 Å². The van der Waals surface area contributed by atoms with Crippen LogP contribution < -0.4 is 5.32 Å². The zero-order chi connectivity index (χ0) is 24.6. The smallest absolute Gasteiger partial charge is 0.286 e. The second kappa shape index (κ2) is 10.3. The minimum absolute atomic E-state index is 0.133. The molecule has 0 bridgehead atoms. The Morgan fingerprint density at radius 2 is 1.80 bits per heavy atom. The van der Waals surface area contributed by atoms with Crippen molar-refractivity contribution in [2.75, 3.05) is 13.1 Å². The Hall–Kier alpha value is -1.82. The molecule has 0 spiro atoms. The maximum atomic E-state index is 12.0. The van der Waals surface area contributed by atoms with Crippen LogP contribution in [0.25, 0.3) is 0 Å². The lowest BCUT2D eigenvalue weighted by molar-refractivity contribution is -0.433.